The van der Waals surface area contributed by atoms with Gasteiger partial charge in [0.15, 0.2) is 6.29 Å². The van der Waals surface area contributed by atoms with Crippen LogP contribution >= 0.6 is 0 Å². The summed E-state index contributed by atoms with van der Waals surface area (Å²) in [6, 6.07) is 0. The number of hydrogen-bond acceptors (Lipinski definition) is 2. The summed E-state index contributed by atoms with van der Waals surface area (Å²) in [6.07, 6.45) is 1.79. The molecule has 0 amide bonds. The number of hydrogen-bond donors (Lipinski definition) is 2. The van der Waals surface area contributed by atoms with Gasteiger partial charge >= 0.3 is 0 Å². The van der Waals surface area contributed by atoms with Crippen molar-refractivity contribution in [3.63, 3.8) is 0 Å². The molecule has 0 aromatic heterocycles. The lowest BCUT2D eigenvalue weighted by Crippen LogP contribution is -2.26. The molecule has 2 heteroatoms. The Balaban J connectivity index is 3.98. The van der Waals surface area contributed by atoms with Crippen molar-refractivity contribution >= 4 is 0 Å². The zero-order valence-corrected chi connectivity index (χ0v) is 7.75. The quantitative estimate of drug-likeness (QED) is 0.602. The lowest BCUT2D eigenvalue weighted by atomic mass is 9.85. The molecule has 0 spiro atoms. The molecule has 0 bridgehead atoms. The third-order valence-corrected chi connectivity index (χ3v) is 2.51. The molecule has 0 heterocycles. The van der Waals surface area contributed by atoms with Crippen LogP contribution in [0.4, 0.5) is 0 Å². The summed E-state index contributed by atoms with van der Waals surface area (Å²) < 4.78 is 0. The summed E-state index contributed by atoms with van der Waals surface area (Å²) in [7, 11) is 0. The maximum absolute atomic E-state index is 9.00. The van der Waals surface area contributed by atoms with Crippen LogP contribution in [0, 0.1) is 11.8 Å². The van der Waals surface area contributed by atoms with Gasteiger partial charge in [0.25, 0.3) is 0 Å². The molecule has 2 N–H and O–H groups in total. The second-order valence-corrected chi connectivity index (χ2v) is 3.06. The van der Waals surface area contributed by atoms with Crippen molar-refractivity contribution < 1.29 is 10.2 Å². The Labute approximate surface area is 69.2 Å². The molecule has 0 rings (SSSR count). The van der Waals surface area contributed by atoms with Crippen LogP contribution in [-0.4, -0.2) is 16.5 Å². The lowest BCUT2D eigenvalue weighted by molar-refractivity contribution is -0.102. The molecular formula is C9H20O2. The Morgan fingerprint density at radius 2 is 1.36 bits per heavy atom. The molecule has 0 fully saturated rings. The SMILES string of the molecule is CCC(CC)C(CC)C(O)O. The summed E-state index contributed by atoms with van der Waals surface area (Å²) in [6.45, 7) is 6.20. The second-order valence-electron chi connectivity index (χ2n) is 3.06. The Hall–Kier alpha value is -0.0800. The van der Waals surface area contributed by atoms with Gasteiger partial charge in [-0.2, -0.15) is 0 Å². The van der Waals surface area contributed by atoms with Crippen molar-refractivity contribution in [3.05, 3.63) is 0 Å². The highest BCUT2D eigenvalue weighted by molar-refractivity contribution is 4.67. The normalized spacial score (nSPS) is 14.5. The molecule has 0 aliphatic carbocycles. The van der Waals surface area contributed by atoms with Gasteiger partial charge in [0.05, 0.1) is 0 Å². The van der Waals surface area contributed by atoms with E-state index in [0.29, 0.717) is 5.92 Å². The summed E-state index contributed by atoms with van der Waals surface area (Å²) in [5.41, 5.74) is 0. The van der Waals surface area contributed by atoms with Gasteiger partial charge in [-0.15, -0.1) is 0 Å². The van der Waals surface area contributed by atoms with Gasteiger partial charge in [-0.3, -0.25) is 0 Å². The highest BCUT2D eigenvalue weighted by atomic mass is 16.5. The van der Waals surface area contributed by atoms with Gasteiger partial charge in [0.2, 0.25) is 0 Å². The number of aliphatic hydroxyl groups is 2. The molecule has 0 aromatic rings. The number of aliphatic hydroxyl groups excluding tert-OH is 1. The minimum atomic E-state index is -1.13. The van der Waals surface area contributed by atoms with Crippen molar-refractivity contribution in [3.8, 4) is 0 Å². The highest BCUT2D eigenvalue weighted by Gasteiger charge is 2.22. The van der Waals surface area contributed by atoms with Gasteiger partial charge in [0.1, 0.15) is 0 Å². The van der Waals surface area contributed by atoms with Gasteiger partial charge < -0.3 is 10.2 Å². The smallest absolute Gasteiger partial charge is 0.154 e. The predicted molar refractivity (Wildman–Crippen MR) is 46.1 cm³/mol. The Kier molecular flexibility index (Phi) is 5.51. The highest BCUT2D eigenvalue weighted by Crippen LogP contribution is 2.24. The summed E-state index contributed by atoms with van der Waals surface area (Å²) >= 11 is 0. The van der Waals surface area contributed by atoms with Crippen LogP contribution in [0.25, 0.3) is 0 Å². The standard InChI is InChI=1S/C9H20O2/c1-4-7(5-2)8(6-3)9(10)11/h7-11H,4-6H2,1-3H3. The Bertz CT molecular complexity index is 87.6. The van der Waals surface area contributed by atoms with E-state index in [1.165, 1.54) is 0 Å². The van der Waals surface area contributed by atoms with E-state index in [4.69, 9.17) is 10.2 Å². The Morgan fingerprint density at radius 1 is 0.909 bits per heavy atom. The predicted octanol–water partition coefficient (Wildman–Crippen LogP) is 1.76. The lowest BCUT2D eigenvalue weighted by Gasteiger charge is -2.25. The molecule has 0 saturated heterocycles. The molecule has 2 nitrogen and oxygen atoms in total. The summed E-state index contributed by atoms with van der Waals surface area (Å²) in [4.78, 5) is 0. The largest absolute Gasteiger partial charge is 0.368 e. The fourth-order valence-electron chi connectivity index (χ4n) is 1.68. The van der Waals surface area contributed by atoms with Crippen LogP contribution in [0.15, 0.2) is 0 Å². The molecule has 11 heavy (non-hydrogen) atoms. The molecule has 68 valence electrons. The van der Waals surface area contributed by atoms with Crippen molar-refractivity contribution in [2.45, 2.75) is 46.3 Å². The minimum absolute atomic E-state index is 0.0602. The van der Waals surface area contributed by atoms with Gasteiger partial charge in [-0.25, -0.2) is 0 Å². The van der Waals surface area contributed by atoms with Crippen molar-refractivity contribution in [2.24, 2.45) is 11.8 Å². The molecule has 1 unspecified atom stereocenters. The number of rotatable bonds is 5. The van der Waals surface area contributed by atoms with Crippen LogP contribution in [0.5, 0.6) is 0 Å². The van der Waals surface area contributed by atoms with Crippen LogP contribution in [0.2, 0.25) is 0 Å². The van der Waals surface area contributed by atoms with Crippen LogP contribution < -0.4 is 0 Å². The molecule has 0 aliphatic rings. The van der Waals surface area contributed by atoms with Crippen molar-refractivity contribution in [2.75, 3.05) is 0 Å². The topological polar surface area (TPSA) is 40.5 Å². The third-order valence-electron chi connectivity index (χ3n) is 2.51. The van der Waals surface area contributed by atoms with Crippen LogP contribution in [0.1, 0.15) is 40.0 Å². The average Bonchev–Trinajstić information content (AvgIpc) is 1.99. The van der Waals surface area contributed by atoms with E-state index in [2.05, 4.69) is 13.8 Å². The van der Waals surface area contributed by atoms with E-state index >= 15 is 0 Å². The van der Waals surface area contributed by atoms with Crippen molar-refractivity contribution in [1.82, 2.24) is 0 Å². The second kappa shape index (κ2) is 5.56. The first-order valence-corrected chi connectivity index (χ1v) is 4.53. The third kappa shape index (κ3) is 3.21. The maximum atomic E-state index is 9.00. The fourth-order valence-corrected chi connectivity index (χ4v) is 1.68. The van der Waals surface area contributed by atoms with Gasteiger partial charge in [-0.1, -0.05) is 33.6 Å². The average molecular weight is 160 g/mol. The molecule has 0 aliphatic heterocycles. The van der Waals surface area contributed by atoms with E-state index in [-0.39, 0.29) is 5.92 Å². The summed E-state index contributed by atoms with van der Waals surface area (Å²) in [5, 5.41) is 18.0. The summed E-state index contributed by atoms with van der Waals surface area (Å²) in [5.74, 6) is 0.519. The van der Waals surface area contributed by atoms with Crippen LogP contribution in [0.3, 0.4) is 0 Å². The maximum Gasteiger partial charge on any atom is 0.154 e. The zero-order valence-electron chi connectivity index (χ0n) is 7.75. The zero-order chi connectivity index (χ0) is 8.85. The minimum Gasteiger partial charge on any atom is -0.368 e. The fraction of sp³-hybridized carbons (Fsp3) is 1.00. The van der Waals surface area contributed by atoms with E-state index in [1.807, 2.05) is 6.92 Å². The first kappa shape index (κ1) is 10.9. The van der Waals surface area contributed by atoms with Crippen LogP contribution in [-0.2, 0) is 0 Å². The van der Waals surface area contributed by atoms with Gasteiger partial charge in [0, 0.05) is 5.92 Å². The van der Waals surface area contributed by atoms with Crippen molar-refractivity contribution in [1.29, 1.82) is 0 Å². The molecule has 0 saturated carbocycles. The molecular weight excluding hydrogens is 140 g/mol. The first-order valence-electron chi connectivity index (χ1n) is 4.53. The molecule has 0 aromatic carbocycles. The monoisotopic (exact) mass is 160 g/mol. The van der Waals surface area contributed by atoms with E-state index < -0.39 is 6.29 Å². The first-order chi connectivity index (χ1) is 5.17. The molecule has 0 radical (unpaired) electrons. The van der Waals surface area contributed by atoms with E-state index in [0.717, 1.165) is 19.3 Å². The molecule has 1 atom stereocenters. The van der Waals surface area contributed by atoms with Gasteiger partial charge in [-0.05, 0) is 12.3 Å². The van der Waals surface area contributed by atoms with E-state index in [9.17, 15) is 0 Å². The Morgan fingerprint density at radius 3 is 1.45 bits per heavy atom. The van der Waals surface area contributed by atoms with E-state index in [1.54, 1.807) is 0 Å².